The van der Waals surface area contributed by atoms with Gasteiger partial charge in [-0.2, -0.15) is 10.5 Å². The van der Waals surface area contributed by atoms with E-state index < -0.39 is 6.09 Å². The lowest BCUT2D eigenvalue weighted by Crippen LogP contribution is -2.10. The van der Waals surface area contributed by atoms with Gasteiger partial charge in [0.15, 0.2) is 0 Å². The lowest BCUT2D eigenvalue weighted by molar-refractivity contribution is 0.187. The van der Waals surface area contributed by atoms with E-state index in [2.05, 4.69) is 15.4 Å². The summed E-state index contributed by atoms with van der Waals surface area (Å²) in [4.78, 5) is 11.0. The number of hydrogen-bond acceptors (Lipinski definition) is 5. The first kappa shape index (κ1) is 13.1. The smallest absolute Gasteiger partial charge is 0.411 e. The van der Waals surface area contributed by atoms with Gasteiger partial charge >= 0.3 is 6.09 Å². The Morgan fingerprint density at radius 3 is 2.61 bits per heavy atom. The third-order valence-electron chi connectivity index (χ3n) is 1.92. The molecule has 0 saturated heterocycles. The predicted octanol–water partition coefficient (Wildman–Crippen LogP) is 2.21. The summed E-state index contributed by atoms with van der Waals surface area (Å²) < 4.78 is 4.46. The van der Waals surface area contributed by atoms with Crippen molar-refractivity contribution in [3.8, 4) is 12.1 Å². The Morgan fingerprint density at radius 1 is 1.33 bits per heavy atom. The molecule has 0 unspecified atom stereocenters. The molecular weight excluding hydrogens is 232 g/mol. The van der Waals surface area contributed by atoms with Crippen molar-refractivity contribution < 1.29 is 9.53 Å². The molecule has 0 radical (unpaired) electrons. The van der Waals surface area contributed by atoms with Gasteiger partial charge in [-0.25, -0.2) is 4.79 Å². The zero-order valence-corrected chi connectivity index (χ0v) is 9.60. The Labute approximate surface area is 104 Å². The zero-order valence-electron chi connectivity index (χ0n) is 9.60. The van der Waals surface area contributed by atoms with Crippen LogP contribution in [0, 0.1) is 22.7 Å². The van der Waals surface area contributed by atoms with Crippen LogP contribution in [0.15, 0.2) is 36.0 Å². The molecule has 1 amide bonds. The maximum Gasteiger partial charge on any atom is 0.411 e. The van der Waals surface area contributed by atoms with Crippen molar-refractivity contribution in [3.05, 3.63) is 36.0 Å². The van der Waals surface area contributed by atoms with Crippen LogP contribution >= 0.6 is 0 Å². The summed E-state index contributed by atoms with van der Waals surface area (Å²) in [5, 5.41) is 22.4. The van der Waals surface area contributed by atoms with E-state index in [1.165, 1.54) is 13.3 Å². The molecule has 0 aromatic heterocycles. The van der Waals surface area contributed by atoms with Gasteiger partial charge < -0.3 is 10.1 Å². The van der Waals surface area contributed by atoms with E-state index in [0.29, 0.717) is 11.4 Å². The number of methoxy groups -OCH3 is 1. The number of nitriles is 2. The first-order valence-corrected chi connectivity index (χ1v) is 4.91. The number of carbonyl (C=O) groups is 1. The summed E-state index contributed by atoms with van der Waals surface area (Å²) in [7, 11) is 1.27. The topological polar surface area (TPSA) is 97.9 Å². The number of nitrogens with one attached hydrogen (secondary N) is 2. The summed E-state index contributed by atoms with van der Waals surface area (Å²) in [6.07, 6.45) is 0.717. The molecule has 1 rings (SSSR count). The van der Waals surface area contributed by atoms with Crippen molar-refractivity contribution in [2.24, 2.45) is 0 Å². The molecule has 0 aliphatic rings. The highest BCUT2D eigenvalue weighted by molar-refractivity contribution is 5.85. The molecule has 2 N–H and O–H groups in total. The lowest BCUT2D eigenvalue weighted by atomic mass is 10.2. The molecule has 0 heterocycles. The molecule has 0 atom stereocenters. The first-order chi connectivity index (χ1) is 8.69. The van der Waals surface area contributed by atoms with E-state index in [1.807, 2.05) is 0 Å². The molecule has 0 aliphatic carbocycles. The van der Waals surface area contributed by atoms with Crippen molar-refractivity contribution >= 4 is 17.5 Å². The largest absolute Gasteiger partial charge is 0.453 e. The number of anilines is 2. The van der Waals surface area contributed by atoms with Crippen LogP contribution < -0.4 is 10.6 Å². The maximum atomic E-state index is 11.0. The van der Waals surface area contributed by atoms with E-state index >= 15 is 0 Å². The van der Waals surface area contributed by atoms with E-state index in [0.717, 1.165) is 0 Å². The van der Waals surface area contributed by atoms with Crippen molar-refractivity contribution in [2.75, 3.05) is 17.7 Å². The third kappa shape index (κ3) is 3.87. The fourth-order valence-corrected chi connectivity index (χ4v) is 1.10. The quantitative estimate of drug-likeness (QED) is 0.792. The Balaban J connectivity index is 2.78. The van der Waals surface area contributed by atoms with Crippen LogP contribution in [0.1, 0.15) is 0 Å². The van der Waals surface area contributed by atoms with Crippen LogP contribution in [-0.4, -0.2) is 13.2 Å². The van der Waals surface area contributed by atoms with Crippen LogP contribution in [0.3, 0.4) is 0 Å². The number of nitrogens with zero attached hydrogens (tertiary/aromatic N) is 2. The van der Waals surface area contributed by atoms with Gasteiger partial charge in [0, 0.05) is 17.6 Å². The molecule has 0 bridgehead atoms. The van der Waals surface area contributed by atoms with Crippen LogP contribution in [0.5, 0.6) is 0 Å². The highest BCUT2D eigenvalue weighted by Crippen LogP contribution is 2.15. The molecule has 18 heavy (non-hydrogen) atoms. The summed E-state index contributed by atoms with van der Waals surface area (Å²) >= 11 is 0. The van der Waals surface area contributed by atoms with E-state index in [4.69, 9.17) is 10.5 Å². The fraction of sp³-hybridized carbons (Fsp3) is 0.0833. The van der Waals surface area contributed by atoms with Gasteiger partial charge in [-0.15, -0.1) is 0 Å². The molecule has 90 valence electrons. The second-order valence-electron chi connectivity index (χ2n) is 3.12. The van der Waals surface area contributed by atoms with Crippen molar-refractivity contribution in [1.29, 1.82) is 10.5 Å². The Morgan fingerprint density at radius 2 is 2.00 bits per heavy atom. The molecule has 0 saturated carbocycles. The molecule has 0 aliphatic heterocycles. The summed E-state index contributed by atoms with van der Waals surface area (Å²) in [5.41, 5.74) is 1.13. The molecule has 1 aromatic rings. The van der Waals surface area contributed by atoms with E-state index in [1.54, 1.807) is 36.4 Å². The summed E-state index contributed by atoms with van der Waals surface area (Å²) in [5.74, 6) is 0. The Kier molecular flexibility index (Phi) is 4.77. The molecule has 0 fully saturated rings. The highest BCUT2D eigenvalue weighted by atomic mass is 16.5. The predicted molar refractivity (Wildman–Crippen MR) is 65.4 cm³/mol. The molecular formula is C12H10N4O2. The maximum absolute atomic E-state index is 11.0. The highest BCUT2D eigenvalue weighted by Gasteiger charge is 2.00. The number of hydrogen-bond donors (Lipinski definition) is 2. The van der Waals surface area contributed by atoms with Gasteiger partial charge in [-0.3, -0.25) is 5.32 Å². The minimum atomic E-state index is -0.572. The van der Waals surface area contributed by atoms with Gasteiger partial charge in [-0.1, -0.05) is 6.07 Å². The fourth-order valence-electron chi connectivity index (χ4n) is 1.10. The normalized spacial score (nSPS) is 8.39. The summed E-state index contributed by atoms with van der Waals surface area (Å²) in [6.45, 7) is 0. The van der Waals surface area contributed by atoms with Crippen LogP contribution in [0.25, 0.3) is 0 Å². The van der Waals surface area contributed by atoms with E-state index in [-0.39, 0.29) is 5.57 Å². The average Bonchev–Trinajstić information content (AvgIpc) is 2.40. The van der Waals surface area contributed by atoms with Crippen molar-refractivity contribution in [2.45, 2.75) is 0 Å². The average molecular weight is 242 g/mol. The zero-order chi connectivity index (χ0) is 13.4. The number of amides is 1. The van der Waals surface area contributed by atoms with Gasteiger partial charge in [0.05, 0.1) is 7.11 Å². The van der Waals surface area contributed by atoms with Crippen molar-refractivity contribution in [3.63, 3.8) is 0 Å². The monoisotopic (exact) mass is 242 g/mol. The number of ether oxygens (including phenoxy) is 1. The minimum absolute atomic E-state index is 0.0404. The number of carbonyl (C=O) groups excluding carboxylic acids is 1. The van der Waals surface area contributed by atoms with Gasteiger partial charge in [0.1, 0.15) is 17.7 Å². The lowest BCUT2D eigenvalue weighted by Gasteiger charge is -2.06. The second kappa shape index (κ2) is 6.56. The third-order valence-corrected chi connectivity index (χ3v) is 1.92. The molecule has 0 spiro atoms. The number of allylic oxidation sites excluding steroid dienone is 1. The minimum Gasteiger partial charge on any atom is -0.453 e. The van der Waals surface area contributed by atoms with Crippen molar-refractivity contribution in [1.82, 2.24) is 0 Å². The van der Waals surface area contributed by atoms with Crippen LogP contribution in [0.2, 0.25) is 0 Å². The van der Waals surface area contributed by atoms with E-state index in [9.17, 15) is 4.79 Å². The van der Waals surface area contributed by atoms with Crippen LogP contribution in [-0.2, 0) is 4.74 Å². The summed E-state index contributed by atoms with van der Waals surface area (Å²) in [6, 6.07) is 10.2. The van der Waals surface area contributed by atoms with Gasteiger partial charge in [-0.05, 0) is 18.2 Å². The number of rotatable bonds is 3. The Hall–Kier alpha value is -2.99. The van der Waals surface area contributed by atoms with Crippen LogP contribution in [0.4, 0.5) is 16.2 Å². The second-order valence-corrected chi connectivity index (χ2v) is 3.12. The standard InChI is InChI=1S/C12H10N4O2/c1-18-12(17)16-11-4-2-3-10(5-11)15-8-9(6-13)7-14/h2-5,8,15H,1H3,(H,16,17). The number of benzene rings is 1. The van der Waals surface area contributed by atoms with Gasteiger partial charge in [0.25, 0.3) is 0 Å². The molecule has 6 heteroatoms. The first-order valence-electron chi connectivity index (χ1n) is 4.91. The Bertz CT molecular complexity index is 536. The van der Waals surface area contributed by atoms with Gasteiger partial charge in [0.2, 0.25) is 0 Å². The molecule has 6 nitrogen and oxygen atoms in total. The SMILES string of the molecule is COC(=O)Nc1cccc(NC=C(C#N)C#N)c1. The molecule has 1 aromatic carbocycles.